The SMILES string of the molecule is [2H]c1c([2H])c([2H])[n+](C)c(-c2c(C)ccc3c2oc2c([N+]#[C-])c(-c4ccccc4)ccc23)c1[2H]. The van der Waals surface area contributed by atoms with Gasteiger partial charge >= 0.3 is 0 Å². The van der Waals surface area contributed by atoms with Crippen molar-refractivity contribution in [2.45, 2.75) is 6.92 Å². The van der Waals surface area contributed by atoms with Gasteiger partial charge in [-0.3, -0.25) is 0 Å². The zero-order chi connectivity index (χ0) is 23.4. The lowest BCUT2D eigenvalue weighted by atomic mass is 9.98. The number of aryl methyl sites for hydroxylation is 1. The van der Waals surface area contributed by atoms with Crippen LogP contribution in [0.3, 0.4) is 0 Å². The summed E-state index contributed by atoms with van der Waals surface area (Å²) in [6, 6.07) is 16.7. The van der Waals surface area contributed by atoms with Crippen molar-refractivity contribution in [1.29, 1.82) is 0 Å². The number of benzene rings is 3. The van der Waals surface area contributed by atoms with Crippen molar-refractivity contribution in [1.82, 2.24) is 0 Å². The van der Waals surface area contributed by atoms with Crippen LogP contribution in [0.1, 0.15) is 11.0 Å². The molecule has 2 aromatic heterocycles. The highest BCUT2D eigenvalue weighted by atomic mass is 16.3. The van der Waals surface area contributed by atoms with Gasteiger partial charge in [-0.25, -0.2) is 9.41 Å². The van der Waals surface area contributed by atoms with Crippen LogP contribution in [0.5, 0.6) is 0 Å². The van der Waals surface area contributed by atoms with Crippen LogP contribution in [-0.2, 0) is 7.05 Å². The summed E-state index contributed by atoms with van der Waals surface area (Å²) in [6.45, 7) is 9.74. The molecule has 0 N–H and O–H groups in total. The van der Waals surface area contributed by atoms with E-state index in [9.17, 15) is 0 Å². The number of nitrogens with zero attached hydrogens (tertiary/aromatic N) is 2. The van der Waals surface area contributed by atoms with E-state index in [0.29, 0.717) is 28.1 Å². The van der Waals surface area contributed by atoms with E-state index in [1.165, 1.54) is 4.57 Å². The van der Waals surface area contributed by atoms with Gasteiger partial charge < -0.3 is 4.42 Å². The molecule has 29 heavy (non-hydrogen) atoms. The maximum absolute atomic E-state index is 8.54. The van der Waals surface area contributed by atoms with E-state index in [2.05, 4.69) is 4.85 Å². The highest BCUT2D eigenvalue weighted by molar-refractivity contribution is 6.14. The van der Waals surface area contributed by atoms with Gasteiger partial charge in [-0.05, 0) is 29.7 Å². The smallest absolute Gasteiger partial charge is 0.237 e. The Bertz CT molecular complexity index is 1600. The van der Waals surface area contributed by atoms with Gasteiger partial charge in [0.2, 0.25) is 11.4 Å². The Hall–Kier alpha value is -3.90. The molecule has 2 heterocycles. The lowest BCUT2D eigenvalue weighted by molar-refractivity contribution is -0.660. The van der Waals surface area contributed by atoms with Gasteiger partial charge in [0.15, 0.2) is 6.17 Å². The molecule has 138 valence electrons. The van der Waals surface area contributed by atoms with Crippen molar-refractivity contribution >= 4 is 27.6 Å². The maximum atomic E-state index is 8.54. The molecule has 0 aliphatic rings. The molecule has 3 nitrogen and oxygen atoms in total. The Balaban J connectivity index is 1.91. The van der Waals surface area contributed by atoms with Gasteiger partial charge in [-0.2, -0.15) is 0 Å². The molecule has 5 aromatic rings. The quantitative estimate of drug-likeness (QED) is 0.250. The first-order valence-electron chi connectivity index (χ1n) is 11.2. The topological polar surface area (TPSA) is 21.4 Å². The first-order chi connectivity index (χ1) is 15.8. The highest BCUT2D eigenvalue weighted by Gasteiger charge is 2.22. The molecule has 0 radical (unpaired) electrons. The van der Waals surface area contributed by atoms with E-state index in [-0.39, 0.29) is 24.3 Å². The highest BCUT2D eigenvalue weighted by Crippen LogP contribution is 2.44. The minimum absolute atomic E-state index is 0.134. The largest absolute Gasteiger partial charge is 0.466 e. The maximum Gasteiger partial charge on any atom is 0.237 e. The molecular formula is C26H19N2O+. The van der Waals surface area contributed by atoms with Gasteiger partial charge in [0.1, 0.15) is 19.6 Å². The van der Waals surface area contributed by atoms with Crippen LogP contribution in [-0.4, -0.2) is 0 Å². The van der Waals surface area contributed by atoms with Crippen molar-refractivity contribution in [3.63, 3.8) is 0 Å². The number of hydrogen-bond acceptors (Lipinski definition) is 1. The fourth-order valence-electron chi connectivity index (χ4n) is 3.82. The normalized spacial score (nSPS) is 13.0. The van der Waals surface area contributed by atoms with E-state index in [0.717, 1.165) is 27.5 Å². The molecule has 0 atom stereocenters. The second kappa shape index (κ2) is 6.61. The lowest BCUT2D eigenvalue weighted by Gasteiger charge is -2.05. The van der Waals surface area contributed by atoms with Crippen LogP contribution in [0.2, 0.25) is 0 Å². The standard InChI is InChI=1S/C26H19N2O/c1-17-12-13-20-21-15-14-19(18-9-5-4-6-10-18)24(27-2)26(21)29-25(20)23(17)22-11-7-8-16-28(22)3/h4-16H,1,3H3/q+1/i7D,8D,11D,16D. The van der Waals surface area contributed by atoms with Gasteiger partial charge in [0.25, 0.3) is 0 Å². The summed E-state index contributed by atoms with van der Waals surface area (Å²) in [4.78, 5) is 3.80. The first kappa shape index (κ1) is 13.3. The van der Waals surface area contributed by atoms with Crippen LogP contribution in [0.4, 0.5) is 5.69 Å². The number of rotatable bonds is 2. The molecule has 0 saturated heterocycles. The zero-order valence-electron chi connectivity index (χ0n) is 20.0. The molecule has 0 saturated carbocycles. The second-order valence-electron chi connectivity index (χ2n) is 6.95. The third-order valence-electron chi connectivity index (χ3n) is 5.23. The molecule has 0 aliphatic carbocycles. The van der Waals surface area contributed by atoms with E-state index >= 15 is 0 Å². The zero-order valence-corrected chi connectivity index (χ0v) is 16.0. The van der Waals surface area contributed by atoms with E-state index < -0.39 is 0 Å². The van der Waals surface area contributed by atoms with Crippen LogP contribution < -0.4 is 4.57 Å². The summed E-state index contributed by atoms with van der Waals surface area (Å²) < 4.78 is 40.7. The fraction of sp³-hybridized carbons (Fsp3) is 0.0769. The number of pyridine rings is 1. The number of hydrogen-bond donors (Lipinski definition) is 0. The molecular weight excluding hydrogens is 356 g/mol. The summed E-state index contributed by atoms with van der Waals surface area (Å²) in [6.07, 6.45) is -0.147. The monoisotopic (exact) mass is 379 g/mol. The van der Waals surface area contributed by atoms with Crippen LogP contribution in [0.25, 0.3) is 49.2 Å². The summed E-state index contributed by atoms with van der Waals surface area (Å²) in [5.41, 5.74) is 4.84. The van der Waals surface area contributed by atoms with Gasteiger partial charge in [0.05, 0.1) is 16.2 Å². The molecule has 5 rings (SSSR count). The molecule has 0 aliphatic heterocycles. The average Bonchev–Trinajstić information content (AvgIpc) is 3.21. The summed E-state index contributed by atoms with van der Waals surface area (Å²) in [5, 5.41) is 1.59. The molecule has 3 aromatic carbocycles. The minimum Gasteiger partial charge on any atom is -0.466 e. The fourth-order valence-corrected chi connectivity index (χ4v) is 3.82. The van der Waals surface area contributed by atoms with Gasteiger partial charge in [-0.15, -0.1) is 0 Å². The van der Waals surface area contributed by atoms with Crippen molar-refractivity contribution in [2.75, 3.05) is 0 Å². The predicted octanol–water partition coefficient (Wildman–Crippen LogP) is 6.60. The Morgan fingerprint density at radius 1 is 0.966 bits per heavy atom. The first-order valence-corrected chi connectivity index (χ1v) is 9.23. The minimum atomic E-state index is -0.297. The average molecular weight is 379 g/mol. The Morgan fingerprint density at radius 3 is 2.52 bits per heavy atom. The number of aromatic nitrogens is 1. The second-order valence-corrected chi connectivity index (χ2v) is 6.95. The predicted molar refractivity (Wildman–Crippen MR) is 117 cm³/mol. The van der Waals surface area contributed by atoms with E-state index in [1.807, 2.05) is 61.5 Å². The summed E-state index contributed by atoms with van der Waals surface area (Å²) in [5.74, 6) is 0. The Morgan fingerprint density at radius 2 is 1.72 bits per heavy atom. The van der Waals surface area contributed by atoms with Crippen molar-refractivity contribution in [3.05, 3.63) is 95.9 Å². The number of furan rings is 1. The van der Waals surface area contributed by atoms with Crippen molar-refractivity contribution in [3.8, 4) is 22.4 Å². The van der Waals surface area contributed by atoms with Crippen molar-refractivity contribution in [2.24, 2.45) is 7.05 Å². The van der Waals surface area contributed by atoms with Crippen LogP contribution in [0.15, 0.2) is 83.3 Å². The molecule has 0 spiro atoms. The van der Waals surface area contributed by atoms with Gasteiger partial charge in [0, 0.05) is 22.9 Å². The van der Waals surface area contributed by atoms with Crippen molar-refractivity contribution < 1.29 is 14.5 Å². The lowest BCUT2D eigenvalue weighted by Crippen LogP contribution is -2.30. The summed E-state index contributed by atoms with van der Waals surface area (Å²) >= 11 is 0. The third-order valence-corrected chi connectivity index (χ3v) is 5.23. The van der Waals surface area contributed by atoms with Crippen LogP contribution in [0, 0.1) is 13.5 Å². The molecule has 0 fully saturated rings. The van der Waals surface area contributed by atoms with E-state index in [1.54, 1.807) is 7.05 Å². The molecule has 0 unspecified atom stereocenters. The Kier molecular flexibility index (Phi) is 3.03. The molecule has 3 heteroatoms. The molecule has 0 bridgehead atoms. The van der Waals surface area contributed by atoms with E-state index in [4.69, 9.17) is 16.5 Å². The summed E-state index contributed by atoms with van der Waals surface area (Å²) in [7, 11) is 1.62. The third kappa shape index (κ3) is 2.61. The van der Waals surface area contributed by atoms with Gasteiger partial charge in [-0.1, -0.05) is 54.6 Å². The molecule has 0 amide bonds. The van der Waals surface area contributed by atoms with Crippen LogP contribution >= 0.6 is 0 Å². The Labute approximate surface area is 174 Å². The number of fused-ring (bicyclic) bond motifs is 3.